The lowest BCUT2D eigenvalue weighted by molar-refractivity contribution is -0.257. The van der Waals surface area contributed by atoms with Gasteiger partial charge in [-0.3, -0.25) is 18.6 Å². The number of alkyl halides is 3. The number of esters is 1. The third-order valence-electron chi connectivity index (χ3n) is 6.32. The van der Waals surface area contributed by atoms with E-state index in [0.29, 0.717) is 13.0 Å². The molecule has 0 bridgehead atoms. The predicted octanol–water partition coefficient (Wildman–Crippen LogP) is 4.44. The summed E-state index contributed by atoms with van der Waals surface area (Å²) in [5.74, 6) is -2.93. The van der Waals surface area contributed by atoms with Crippen LogP contribution in [0.15, 0.2) is 29.3 Å². The SMILES string of the molecule is CC[C@@H](C[C@H]1CN(S(=O)(=O)c2cn(CC)nc2Cl)c2cc(CC(=O)OC(C)(C)C(F)(F)F)ccc2O1)C(=O)O. The second-order valence-corrected chi connectivity index (χ2v) is 11.7. The average molecular weight is 596 g/mol. The fourth-order valence-electron chi connectivity index (χ4n) is 3.96. The minimum absolute atomic E-state index is 0.00956. The van der Waals surface area contributed by atoms with Crippen molar-refractivity contribution in [3.05, 3.63) is 35.1 Å². The molecule has 0 spiro atoms. The maximum Gasteiger partial charge on any atom is 0.427 e. The van der Waals surface area contributed by atoms with Crippen LogP contribution in [0.25, 0.3) is 0 Å². The molecule has 2 aromatic rings. The molecule has 0 fully saturated rings. The number of sulfonamides is 1. The first kappa shape index (κ1) is 30.5. The number of carboxylic acids is 1. The Balaban J connectivity index is 2.01. The second-order valence-electron chi connectivity index (χ2n) is 9.56. The van der Waals surface area contributed by atoms with Gasteiger partial charge in [-0.05, 0) is 51.3 Å². The van der Waals surface area contributed by atoms with Crippen LogP contribution in [0.3, 0.4) is 0 Å². The number of aryl methyl sites for hydroxylation is 1. The third kappa shape index (κ3) is 6.60. The van der Waals surface area contributed by atoms with Crippen LogP contribution in [0.1, 0.15) is 46.1 Å². The van der Waals surface area contributed by atoms with Crippen LogP contribution in [0, 0.1) is 5.92 Å². The minimum atomic E-state index is -4.79. The number of aliphatic carboxylic acids is 1. The van der Waals surface area contributed by atoms with E-state index in [1.165, 1.54) is 29.1 Å². The van der Waals surface area contributed by atoms with Crippen LogP contribution in [0.5, 0.6) is 5.75 Å². The Morgan fingerprint density at radius 2 is 1.95 bits per heavy atom. The molecule has 2 heterocycles. The summed E-state index contributed by atoms with van der Waals surface area (Å²) in [6.45, 7) is 4.94. The highest BCUT2D eigenvalue weighted by atomic mass is 35.5. The average Bonchev–Trinajstić information content (AvgIpc) is 3.22. The molecule has 216 valence electrons. The molecule has 1 aliphatic rings. The lowest BCUT2D eigenvalue weighted by Crippen LogP contribution is -2.45. The van der Waals surface area contributed by atoms with E-state index in [-0.39, 0.29) is 40.0 Å². The fourth-order valence-corrected chi connectivity index (χ4v) is 5.90. The molecule has 0 radical (unpaired) electrons. The van der Waals surface area contributed by atoms with Crippen molar-refractivity contribution in [2.24, 2.45) is 5.92 Å². The highest BCUT2D eigenvalue weighted by Crippen LogP contribution is 2.40. The van der Waals surface area contributed by atoms with Crippen LogP contribution in [0.2, 0.25) is 5.15 Å². The molecule has 0 amide bonds. The Kier molecular flexibility index (Phi) is 8.80. The Morgan fingerprint density at radius 3 is 2.49 bits per heavy atom. The number of fused-ring (bicyclic) bond motifs is 1. The number of aromatic nitrogens is 2. The van der Waals surface area contributed by atoms with Crippen molar-refractivity contribution in [1.29, 1.82) is 0 Å². The van der Waals surface area contributed by atoms with E-state index >= 15 is 0 Å². The van der Waals surface area contributed by atoms with Crippen molar-refractivity contribution in [2.75, 3.05) is 10.8 Å². The zero-order chi connectivity index (χ0) is 29.3. The van der Waals surface area contributed by atoms with E-state index in [1.807, 2.05) is 0 Å². The summed E-state index contributed by atoms with van der Waals surface area (Å²) in [5.41, 5.74) is -2.54. The maximum absolute atomic E-state index is 13.8. The van der Waals surface area contributed by atoms with Crippen LogP contribution < -0.4 is 9.04 Å². The summed E-state index contributed by atoms with van der Waals surface area (Å²) in [6, 6.07) is 4.07. The van der Waals surface area contributed by atoms with Gasteiger partial charge in [-0.2, -0.15) is 18.3 Å². The molecule has 3 rings (SSSR count). The number of hydrogen-bond acceptors (Lipinski definition) is 7. The van der Waals surface area contributed by atoms with Crippen molar-refractivity contribution < 1.29 is 45.8 Å². The van der Waals surface area contributed by atoms with Crippen LogP contribution in [-0.4, -0.2) is 59.7 Å². The molecule has 0 unspecified atom stereocenters. The fraction of sp³-hybridized carbons (Fsp3) is 0.542. The van der Waals surface area contributed by atoms with Gasteiger partial charge in [0.1, 0.15) is 16.7 Å². The van der Waals surface area contributed by atoms with Gasteiger partial charge in [0.25, 0.3) is 10.0 Å². The molecular weight excluding hydrogens is 567 g/mol. The van der Waals surface area contributed by atoms with E-state index in [4.69, 9.17) is 16.3 Å². The van der Waals surface area contributed by atoms with Crippen molar-refractivity contribution in [2.45, 2.75) is 76.3 Å². The van der Waals surface area contributed by atoms with Gasteiger partial charge >= 0.3 is 18.1 Å². The molecule has 39 heavy (non-hydrogen) atoms. The molecule has 2 atom stereocenters. The molecule has 0 saturated heterocycles. The van der Waals surface area contributed by atoms with Gasteiger partial charge in [0.05, 0.1) is 24.6 Å². The first-order valence-electron chi connectivity index (χ1n) is 12.1. The summed E-state index contributed by atoms with van der Waals surface area (Å²) in [4.78, 5) is 23.6. The summed E-state index contributed by atoms with van der Waals surface area (Å²) in [5, 5.41) is 13.2. The minimum Gasteiger partial charge on any atom is -0.486 e. The molecule has 0 saturated carbocycles. The number of nitrogens with zero attached hydrogens (tertiary/aromatic N) is 3. The molecule has 0 aliphatic carbocycles. The van der Waals surface area contributed by atoms with Crippen LogP contribution >= 0.6 is 11.6 Å². The second kappa shape index (κ2) is 11.2. The number of anilines is 1. The van der Waals surface area contributed by atoms with Gasteiger partial charge in [0, 0.05) is 12.7 Å². The zero-order valence-electron chi connectivity index (χ0n) is 21.7. The largest absolute Gasteiger partial charge is 0.486 e. The number of hydrogen-bond donors (Lipinski definition) is 1. The summed E-state index contributed by atoms with van der Waals surface area (Å²) in [7, 11) is -4.36. The van der Waals surface area contributed by atoms with Crippen molar-refractivity contribution in [3.63, 3.8) is 0 Å². The molecule has 1 N–H and O–H groups in total. The molecule has 15 heteroatoms. The Bertz CT molecular complexity index is 1340. The number of rotatable bonds is 10. The van der Waals surface area contributed by atoms with Crippen molar-refractivity contribution in [1.82, 2.24) is 9.78 Å². The van der Waals surface area contributed by atoms with Crippen molar-refractivity contribution in [3.8, 4) is 5.75 Å². The van der Waals surface area contributed by atoms with E-state index in [2.05, 4.69) is 9.84 Å². The normalized spacial score (nSPS) is 16.8. The first-order valence-corrected chi connectivity index (χ1v) is 13.9. The number of carbonyl (C=O) groups excluding carboxylic acids is 1. The number of ether oxygens (including phenoxy) is 2. The number of carbonyl (C=O) groups is 2. The first-order chi connectivity index (χ1) is 18.0. The molecule has 1 aromatic carbocycles. The maximum atomic E-state index is 13.8. The quantitative estimate of drug-likeness (QED) is 0.399. The zero-order valence-corrected chi connectivity index (χ0v) is 23.2. The Labute approximate surface area is 228 Å². The Morgan fingerprint density at radius 1 is 1.28 bits per heavy atom. The van der Waals surface area contributed by atoms with Gasteiger partial charge in [-0.25, -0.2) is 8.42 Å². The van der Waals surface area contributed by atoms with E-state index in [1.54, 1.807) is 13.8 Å². The highest BCUT2D eigenvalue weighted by Gasteiger charge is 2.50. The van der Waals surface area contributed by atoms with Crippen molar-refractivity contribution >= 4 is 39.3 Å². The molecule has 1 aromatic heterocycles. The van der Waals surface area contributed by atoms with Gasteiger partial charge in [0.2, 0.25) is 5.60 Å². The topological polar surface area (TPSA) is 128 Å². The number of halogens is 4. The number of carboxylic acid groups (broad SMARTS) is 1. The van der Waals surface area contributed by atoms with Crippen LogP contribution in [-0.2, 0) is 37.3 Å². The highest BCUT2D eigenvalue weighted by molar-refractivity contribution is 7.93. The summed E-state index contributed by atoms with van der Waals surface area (Å²) in [6.07, 6.45) is -4.64. The summed E-state index contributed by atoms with van der Waals surface area (Å²) >= 11 is 6.14. The van der Waals surface area contributed by atoms with E-state index in [0.717, 1.165) is 18.2 Å². The molecule has 1 aliphatic heterocycles. The summed E-state index contributed by atoms with van der Waals surface area (Å²) < 4.78 is 79.8. The number of benzene rings is 1. The van der Waals surface area contributed by atoms with Gasteiger partial charge < -0.3 is 14.6 Å². The van der Waals surface area contributed by atoms with E-state index in [9.17, 15) is 36.3 Å². The Hall–Kier alpha value is -3.00. The molecular formula is C24H29ClF3N3O7S. The standard InChI is InChI=1S/C24H29ClF3N3O7S/c1-5-15(22(33)34)11-16-12-31(39(35,36)19-13-30(6-2)29-21(19)25)17-9-14(7-8-18(17)37-16)10-20(32)38-23(3,4)24(26,27)28/h7-9,13,15-16H,5-6,10-12H2,1-4H3,(H,33,34)/t15-,16-/m0/s1. The lowest BCUT2D eigenvalue weighted by atomic mass is 9.98. The smallest absolute Gasteiger partial charge is 0.427 e. The van der Waals surface area contributed by atoms with Gasteiger partial charge in [0.15, 0.2) is 5.15 Å². The van der Waals surface area contributed by atoms with Crippen LogP contribution in [0.4, 0.5) is 18.9 Å². The van der Waals surface area contributed by atoms with E-state index < -0.39 is 52.2 Å². The molecule has 10 nitrogen and oxygen atoms in total. The predicted molar refractivity (Wildman–Crippen MR) is 134 cm³/mol. The van der Waals surface area contributed by atoms with Gasteiger partial charge in [-0.1, -0.05) is 24.6 Å². The lowest BCUT2D eigenvalue weighted by Gasteiger charge is -2.36. The van der Waals surface area contributed by atoms with Gasteiger partial charge in [-0.15, -0.1) is 0 Å². The third-order valence-corrected chi connectivity index (χ3v) is 8.49. The monoisotopic (exact) mass is 595 g/mol.